The molecule has 0 aliphatic carbocycles. The Balaban J connectivity index is 5.82. The molecule has 0 rings (SSSR count). The molecule has 0 saturated heterocycles. The highest BCUT2D eigenvalue weighted by Crippen LogP contribution is 2.24. The van der Waals surface area contributed by atoms with Gasteiger partial charge in [-0.3, -0.25) is 0 Å². The lowest BCUT2D eigenvalue weighted by atomic mass is 11.3. The van der Waals surface area contributed by atoms with Crippen molar-refractivity contribution in [3.63, 3.8) is 0 Å². The topological polar surface area (TPSA) is 212 Å². The molecule has 0 fully saturated rings. The Kier molecular flexibility index (Phi) is 12.9. The normalized spacial score (nSPS) is 16.9. The van der Waals surface area contributed by atoms with Crippen LogP contribution < -0.4 is 0 Å². The van der Waals surface area contributed by atoms with Crippen LogP contribution in [0.5, 0.6) is 0 Å². The van der Waals surface area contributed by atoms with Crippen molar-refractivity contribution in [3.8, 4) is 0 Å². The van der Waals surface area contributed by atoms with Crippen molar-refractivity contribution in [2.75, 3.05) is 49.8 Å². The fraction of sp³-hybridized carbons (Fsp3) is 1.00. The number of hydrogen-bond acceptors (Lipinski definition) is 17. The van der Waals surface area contributed by atoms with Crippen molar-refractivity contribution in [2.24, 2.45) is 0 Å². The highest BCUT2D eigenvalue weighted by Gasteiger charge is 2.62. The van der Waals surface area contributed by atoms with Gasteiger partial charge in [-0.05, 0) is 0 Å². The van der Waals surface area contributed by atoms with Gasteiger partial charge < -0.3 is 76.5 Å². The molecule has 0 aromatic carbocycles. The number of hydrogen-bond donors (Lipinski definition) is 5. The Bertz CT molecular complexity index is 496. The molecule has 0 aliphatic heterocycles. The third-order valence-electron chi connectivity index (χ3n) is 3.17. The van der Waals surface area contributed by atoms with E-state index >= 15 is 0 Å². The summed E-state index contributed by atoms with van der Waals surface area (Å²) in [7, 11) is -15.5. The first-order chi connectivity index (χ1) is 14.1. The molecule has 0 bridgehead atoms. The minimum Gasteiger partial charge on any atom is -0.368 e. The van der Waals surface area contributed by atoms with Crippen LogP contribution in [0.15, 0.2) is 0 Å². The standard InChI is InChI=1S/C9H30O17Si5/c1-15-9(23-31(19-5,20-6)21-7)22-30(14,18-4)26-27(8,24-28(10,11)16-2)25-29(12,13)17-3/h9-14H,1-8H3. The Morgan fingerprint density at radius 2 is 0.968 bits per heavy atom. The summed E-state index contributed by atoms with van der Waals surface area (Å²) in [5.41, 5.74) is 0. The largest absolute Gasteiger partial charge is 0.682 e. The average Bonchev–Trinajstić information content (AvgIpc) is 2.70. The van der Waals surface area contributed by atoms with Crippen LogP contribution >= 0.6 is 0 Å². The monoisotopic (exact) mass is 550 g/mol. The van der Waals surface area contributed by atoms with Crippen molar-refractivity contribution in [1.29, 1.82) is 0 Å². The Labute approximate surface area is 184 Å². The van der Waals surface area contributed by atoms with E-state index in [1.54, 1.807) is 0 Å². The highest BCUT2D eigenvalue weighted by atomic mass is 28.5. The quantitative estimate of drug-likeness (QED) is 0.0866. The third-order valence-corrected chi connectivity index (χ3v) is 14.8. The second kappa shape index (κ2) is 12.8. The molecule has 22 heteroatoms. The summed E-state index contributed by atoms with van der Waals surface area (Å²) < 4.78 is 59.4. The fourth-order valence-electron chi connectivity index (χ4n) is 1.73. The Morgan fingerprint density at radius 3 is 1.26 bits per heavy atom. The molecule has 0 radical (unpaired) electrons. The lowest BCUT2D eigenvalue weighted by Gasteiger charge is -2.37. The first-order valence-corrected chi connectivity index (χ1v) is 17.0. The molecular formula is C9H30O17Si5. The molecule has 31 heavy (non-hydrogen) atoms. The maximum absolute atomic E-state index is 10.7. The predicted octanol–water partition coefficient (Wildman–Crippen LogP) is -3.85. The van der Waals surface area contributed by atoms with Crippen molar-refractivity contribution in [3.05, 3.63) is 0 Å². The minimum atomic E-state index is -4.90. The van der Waals surface area contributed by atoms with Crippen LogP contribution in [0.2, 0.25) is 6.55 Å². The van der Waals surface area contributed by atoms with Crippen LogP contribution in [-0.4, -0.2) is 125 Å². The molecule has 0 amide bonds. The van der Waals surface area contributed by atoms with E-state index in [-0.39, 0.29) is 0 Å². The summed E-state index contributed by atoms with van der Waals surface area (Å²) in [5, 5.41) is 0. The third kappa shape index (κ3) is 10.5. The first kappa shape index (κ1) is 31.4. The van der Waals surface area contributed by atoms with Gasteiger partial charge in [0, 0.05) is 56.3 Å². The van der Waals surface area contributed by atoms with E-state index in [2.05, 4.69) is 8.85 Å². The molecule has 17 nitrogen and oxygen atoms in total. The average molecular weight is 551 g/mol. The van der Waals surface area contributed by atoms with Gasteiger partial charge in [0.05, 0.1) is 0 Å². The van der Waals surface area contributed by atoms with Crippen LogP contribution in [0, 0.1) is 0 Å². The van der Waals surface area contributed by atoms with E-state index in [1.807, 2.05) is 0 Å². The van der Waals surface area contributed by atoms with E-state index in [0.29, 0.717) is 0 Å². The van der Waals surface area contributed by atoms with Gasteiger partial charge >= 0.3 is 45.0 Å². The van der Waals surface area contributed by atoms with Gasteiger partial charge in [-0.15, -0.1) is 0 Å². The lowest BCUT2D eigenvalue weighted by Crippen LogP contribution is -2.67. The summed E-state index contributed by atoms with van der Waals surface area (Å²) in [4.78, 5) is 49.8. The zero-order valence-corrected chi connectivity index (χ0v) is 23.2. The van der Waals surface area contributed by atoms with Gasteiger partial charge in [-0.1, -0.05) is 0 Å². The number of rotatable bonds is 17. The van der Waals surface area contributed by atoms with E-state index in [0.717, 1.165) is 35.0 Å². The molecule has 188 valence electrons. The van der Waals surface area contributed by atoms with E-state index < -0.39 is 51.5 Å². The van der Waals surface area contributed by atoms with Crippen molar-refractivity contribution < 1.29 is 76.5 Å². The van der Waals surface area contributed by atoms with Crippen LogP contribution in [-0.2, 0) is 52.5 Å². The molecule has 0 saturated carbocycles. The minimum absolute atomic E-state index is 0.898. The summed E-state index contributed by atoms with van der Waals surface area (Å²) in [6, 6.07) is 0. The molecule has 5 N–H and O–H groups in total. The first-order valence-electron chi connectivity index (χ1n) is 8.04. The zero-order valence-electron chi connectivity index (χ0n) is 18.2. The van der Waals surface area contributed by atoms with Gasteiger partial charge in [0.25, 0.3) is 6.48 Å². The second-order valence-electron chi connectivity index (χ2n) is 5.27. The summed E-state index contributed by atoms with van der Waals surface area (Å²) in [6.07, 6.45) is 0. The maximum Gasteiger partial charge on any atom is 0.682 e. The molecule has 0 spiro atoms. The van der Waals surface area contributed by atoms with Gasteiger partial charge in [0.15, 0.2) is 0 Å². The Morgan fingerprint density at radius 1 is 0.548 bits per heavy atom. The van der Waals surface area contributed by atoms with Crippen molar-refractivity contribution >= 4 is 45.0 Å². The van der Waals surface area contributed by atoms with Crippen LogP contribution in [0.1, 0.15) is 0 Å². The fourth-order valence-corrected chi connectivity index (χ4v) is 12.0. The van der Waals surface area contributed by atoms with Gasteiger partial charge in [-0.2, -0.15) is 0 Å². The van der Waals surface area contributed by atoms with Crippen LogP contribution in [0.25, 0.3) is 0 Å². The SMILES string of the molecule is COC(O[Si](O)(OC)O[Si](C)(O[Si](O)(O)OC)O[Si](O)(O)OC)O[Si](OC)(OC)OC. The maximum atomic E-state index is 10.7. The van der Waals surface area contributed by atoms with Gasteiger partial charge in [0.2, 0.25) is 0 Å². The van der Waals surface area contributed by atoms with Crippen molar-refractivity contribution in [1.82, 2.24) is 0 Å². The Hall–Kier alpha value is 0.404. The summed E-state index contributed by atoms with van der Waals surface area (Å²) >= 11 is 0. The summed E-state index contributed by atoms with van der Waals surface area (Å²) in [6.45, 7) is -0.809. The molecule has 0 aromatic heterocycles. The molecule has 2 unspecified atom stereocenters. The molecule has 2 atom stereocenters. The lowest BCUT2D eigenvalue weighted by molar-refractivity contribution is -0.247. The molecule has 0 aromatic rings. The smallest absolute Gasteiger partial charge is 0.368 e. The number of ether oxygens (including phenoxy) is 1. The second-order valence-corrected chi connectivity index (χ2v) is 16.6. The molecular weight excluding hydrogens is 521 g/mol. The highest BCUT2D eigenvalue weighted by molar-refractivity contribution is 6.80. The zero-order chi connectivity index (χ0) is 24.6. The van der Waals surface area contributed by atoms with Crippen LogP contribution in [0.4, 0.5) is 0 Å². The van der Waals surface area contributed by atoms with E-state index in [9.17, 15) is 24.0 Å². The summed E-state index contributed by atoms with van der Waals surface area (Å²) in [5.74, 6) is 0. The van der Waals surface area contributed by atoms with Crippen molar-refractivity contribution in [2.45, 2.75) is 13.0 Å². The molecule has 0 aliphatic rings. The number of methoxy groups -OCH3 is 1. The van der Waals surface area contributed by atoms with Crippen LogP contribution in [0.3, 0.4) is 0 Å². The predicted molar refractivity (Wildman–Crippen MR) is 104 cm³/mol. The van der Waals surface area contributed by atoms with Gasteiger partial charge in [0.1, 0.15) is 0 Å². The van der Waals surface area contributed by atoms with E-state index in [4.69, 9.17) is 43.6 Å². The van der Waals surface area contributed by atoms with Gasteiger partial charge in [-0.25, -0.2) is 0 Å². The van der Waals surface area contributed by atoms with E-state index in [1.165, 1.54) is 21.3 Å². The molecule has 0 heterocycles.